The summed E-state index contributed by atoms with van der Waals surface area (Å²) in [6.07, 6.45) is 6.37. The Kier molecular flexibility index (Phi) is 3.04. The quantitative estimate of drug-likeness (QED) is 0.857. The number of aromatic nitrogens is 1. The van der Waals surface area contributed by atoms with E-state index in [0.717, 1.165) is 37.4 Å². The zero-order valence-electron chi connectivity index (χ0n) is 10.4. The maximum Gasteiger partial charge on any atom is 0.319 e. The highest BCUT2D eigenvalue weighted by atomic mass is 16.2. The molecule has 2 N–H and O–H groups in total. The molecule has 2 amide bonds. The highest BCUT2D eigenvalue weighted by Gasteiger charge is 2.24. The fraction of sp³-hybridized carbons (Fsp3) is 0.538. The van der Waals surface area contributed by atoms with Crippen molar-refractivity contribution in [2.75, 3.05) is 23.3 Å². The number of carbonyl (C=O) groups excluding carboxylic acids is 1. The van der Waals surface area contributed by atoms with Gasteiger partial charge in [0.1, 0.15) is 0 Å². The molecule has 0 aromatic carbocycles. The molecule has 0 radical (unpaired) electrons. The van der Waals surface area contributed by atoms with E-state index in [2.05, 4.69) is 20.5 Å². The van der Waals surface area contributed by atoms with Crippen LogP contribution in [0.15, 0.2) is 18.3 Å². The van der Waals surface area contributed by atoms with E-state index < -0.39 is 0 Å². The second kappa shape index (κ2) is 4.84. The van der Waals surface area contributed by atoms with E-state index in [0.29, 0.717) is 6.04 Å². The molecule has 2 fully saturated rings. The number of urea groups is 1. The van der Waals surface area contributed by atoms with Crippen LogP contribution in [-0.2, 0) is 0 Å². The van der Waals surface area contributed by atoms with Gasteiger partial charge >= 0.3 is 6.03 Å². The molecule has 0 unspecified atom stereocenters. The maximum atomic E-state index is 11.8. The van der Waals surface area contributed by atoms with Crippen LogP contribution in [0.4, 0.5) is 16.3 Å². The van der Waals surface area contributed by atoms with Gasteiger partial charge in [-0.2, -0.15) is 0 Å². The monoisotopic (exact) mass is 246 g/mol. The Bertz CT molecular complexity index is 438. The Labute approximate surface area is 107 Å². The van der Waals surface area contributed by atoms with Crippen molar-refractivity contribution >= 4 is 17.5 Å². The second-order valence-corrected chi connectivity index (χ2v) is 4.94. The van der Waals surface area contributed by atoms with Gasteiger partial charge in [-0.3, -0.25) is 0 Å². The van der Waals surface area contributed by atoms with Crippen molar-refractivity contribution in [2.24, 2.45) is 0 Å². The fourth-order valence-corrected chi connectivity index (χ4v) is 2.25. The van der Waals surface area contributed by atoms with E-state index in [-0.39, 0.29) is 6.03 Å². The third kappa shape index (κ3) is 2.55. The smallest absolute Gasteiger partial charge is 0.319 e. The molecular formula is C13H18N4O. The molecule has 1 aromatic rings. The highest BCUT2D eigenvalue weighted by Crippen LogP contribution is 2.26. The van der Waals surface area contributed by atoms with Crippen molar-refractivity contribution < 1.29 is 4.79 Å². The minimum atomic E-state index is -0.119. The van der Waals surface area contributed by atoms with Crippen molar-refractivity contribution in [3.63, 3.8) is 0 Å². The first-order chi connectivity index (χ1) is 8.83. The molecular weight excluding hydrogens is 228 g/mol. The summed E-state index contributed by atoms with van der Waals surface area (Å²) in [7, 11) is 0. The van der Waals surface area contributed by atoms with E-state index in [1.54, 1.807) is 6.20 Å². The van der Waals surface area contributed by atoms with Gasteiger partial charge in [0.2, 0.25) is 0 Å². The van der Waals surface area contributed by atoms with E-state index >= 15 is 0 Å². The summed E-state index contributed by atoms with van der Waals surface area (Å²) in [6, 6.07) is 4.02. The Morgan fingerprint density at radius 3 is 2.83 bits per heavy atom. The lowest BCUT2D eigenvalue weighted by Gasteiger charge is -2.20. The molecule has 96 valence electrons. The van der Waals surface area contributed by atoms with Gasteiger partial charge in [0, 0.05) is 25.3 Å². The topological polar surface area (TPSA) is 57.3 Å². The molecule has 5 heteroatoms. The average Bonchev–Trinajstić information content (AvgIpc) is 3.01. The van der Waals surface area contributed by atoms with Crippen LogP contribution in [0.5, 0.6) is 0 Å². The van der Waals surface area contributed by atoms with Crippen LogP contribution in [0, 0.1) is 0 Å². The number of pyridine rings is 1. The van der Waals surface area contributed by atoms with E-state index in [1.807, 2.05) is 12.1 Å². The second-order valence-electron chi connectivity index (χ2n) is 4.94. The molecule has 1 saturated heterocycles. The number of rotatable bonds is 3. The molecule has 1 aliphatic heterocycles. The molecule has 18 heavy (non-hydrogen) atoms. The van der Waals surface area contributed by atoms with Crippen molar-refractivity contribution in [2.45, 2.75) is 31.7 Å². The predicted octanol–water partition coefficient (Wildman–Crippen LogP) is 1.97. The summed E-state index contributed by atoms with van der Waals surface area (Å²) in [5.41, 5.74) is 0.803. The Morgan fingerprint density at radius 1 is 1.33 bits per heavy atom. The molecule has 1 saturated carbocycles. The molecule has 2 heterocycles. The van der Waals surface area contributed by atoms with Crippen molar-refractivity contribution in [1.82, 2.24) is 10.3 Å². The van der Waals surface area contributed by atoms with Crippen LogP contribution in [0.25, 0.3) is 0 Å². The highest BCUT2D eigenvalue weighted by molar-refractivity contribution is 5.92. The van der Waals surface area contributed by atoms with Crippen LogP contribution < -0.4 is 15.5 Å². The average molecular weight is 246 g/mol. The lowest BCUT2D eigenvalue weighted by molar-refractivity contribution is 0.251. The number of hydrogen-bond donors (Lipinski definition) is 2. The van der Waals surface area contributed by atoms with Crippen LogP contribution in [0.2, 0.25) is 0 Å². The van der Waals surface area contributed by atoms with Crippen LogP contribution in [0.1, 0.15) is 25.7 Å². The van der Waals surface area contributed by atoms with Crippen LogP contribution in [0.3, 0.4) is 0 Å². The minimum Gasteiger partial charge on any atom is -0.355 e. The van der Waals surface area contributed by atoms with Gasteiger partial charge in [-0.1, -0.05) is 0 Å². The summed E-state index contributed by atoms with van der Waals surface area (Å²) in [5, 5.41) is 5.83. The first kappa shape index (κ1) is 11.3. The maximum absolute atomic E-state index is 11.8. The molecule has 0 atom stereocenters. The molecule has 0 spiro atoms. The summed E-state index contributed by atoms with van der Waals surface area (Å²) < 4.78 is 0. The molecule has 5 nitrogen and oxygen atoms in total. The SMILES string of the molecule is O=C(Nc1cccnc1N1CCCC1)NC1CC1. The standard InChI is InChI=1S/C13H18N4O/c18-13(15-10-5-6-10)16-11-4-3-7-14-12(11)17-8-1-2-9-17/h3-4,7,10H,1-2,5-6,8-9H2,(H2,15,16,18). The van der Waals surface area contributed by atoms with Gasteiger partial charge < -0.3 is 15.5 Å². The number of hydrogen-bond acceptors (Lipinski definition) is 3. The van der Waals surface area contributed by atoms with Gasteiger partial charge in [0.15, 0.2) is 5.82 Å². The first-order valence-electron chi connectivity index (χ1n) is 6.60. The molecule has 2 aliphatic rings. The fourth-order valence-electron chi connectivity index (χ4n) is 2.25. The summed E-state index contributed by atoms with van der Waals surface area (Å²) >= 11 is 0. The molecule has 3 rings (SSSR count). The van der Waals surface area contributed by atoms with Gasteiger partial charge in [-0.15, -0.1) is 0 Å². The largest absolute Gasteiger partial charge is 0.355 e. The lowest BCUT2D eigenvalue weighted by atomic mass is 10.3. The zero-order chi connectivity index (χ0) is 12.4. The van der Waals surface area contributed by atoms with Crippen LogP contribution in [-0.4, -0.2) is 30.1 Å². The third-order valence-electron chi connectivity index (χ3n) is 3.35. The summed E-state index contributed by atoms with van der Waals surface area (Å²) in [6.45, 7) is 2.05. The normalized spacial score (nSPS) is 18.8. The Morgan fingerprint density at radius 2 is 2.11 bits per heavy atom. The lowest BCUT2D eigenvalue weighted by Crippen LogP contribution is -2.31. The summed E-state index contributed by atoms with van der Waals surface area (Å²) in [5.74, 6) is 0.890. The first-order valence-corrected chi connectivity index (χ1v) is 6.60. The van der Waals surface area contributed by atoms with Crippen molar-refractivity contribution in [3.05, 3.63) is 18.3 Å². The van der Waals surface area contributed by atoms with Crippen molar-refractivity contribution in [1.29, 1.82) is 0 Å². The number of carbonyl (C=O) groups is 1. The Hall–Kier alpha value is -1.78. The van der Waals surface area contributed by atoms with Crippen LogP contribution >= 0.6 is 0 Å². The molecule has 1 aliphatic carbocycles. The number of nitrogens with one attached hydrogen (secondary N) is 2. The van der Waals surface area contributed by atoms with Gasteiger partial charge in [0.25, 0.3) is 0 Å². The van der Waals surface area contributed by atoms with Crippen molar-refractivity contribution in [3.8, 4) is 0 Å². The number of nitrogens with zero attached hydrogens (tertiary/aromatic N) is 2. The number of amides is 2. The van der Waals surface area contributed by atoms with E-state index in [4.69, 9.17) is 0 Å². The van der Waals surface area contributed by atoms with Gasteiger partial charge in [-0.25, -0.2) is 9.78 Å². The summed E-state index contributed by atoms with van der Waals surface area (Å²) in [4.78, 5) is 18.4. The molecule has 1 aromatic heterocycles. The van der Waals surface area contributed by atoms with Gasteiger partial charge in [0.05, 0.1) is 5.69 Å². The molecule has 0 bridgehead atoms. The predicted molar refractivity (Wildman–Crippen MR) is 70.9 cm³/mol. The minimum absolute atomic E-state index is 0.119. The van der Waals surface area contributed by atoms with E-state index in [1.165, 1.54) is 12.8 Å². The third-order valence-corrected chi connectivity index (χ3v) is 3.35. The van der Waals surface area contributed by atoms with E-state index in [9.17, 15) is 4.79 Å². The number of anilines is 2. The Balaban J connectivity index is 1.71. The van der Waals surface area contributed by atoms with Gasteiger partial charge in [-0.05, 0) is 37.8 Å². The zero-order valence-corrected chi connectivity index (χ0v) is 10.4.